The van der Waals surface area contributed by atoms with Crippen molar-refractivity contribution in [3.8, 4) is 0 Å². The minimum absolute atomic E-state index is 0.0512. The number of benzene rings is 2. The first kappa shape index (κ1) is 18.1. The van der Waals surface area contributed by atoms with E-state index in [1.54, 1.807) is 35.8 Å². The SMILES string of the molecule is COC(=O)c1cccc(CSC(C)C(=O)N(C)c2ccccc2)c1. The molecule has 0 fully saturated rings. The van der Waals surface area contributed by atoms with Crippen molar-refractivity contribution in [2.75, 3.05) is 19.1 Å². The molecule has 0 aliphatic rings. The smallest absolute Gasteiger partial charge is 0.337 e. The molecule has 0 saturated heterocycles. The van der Waals surface area contributed by atoms with Crippen molar-refractivity contribution in [2.45, 2.75) is 17.9 Å². The summed E-state index contributed by atoms with van der Waals surface area (Å²) in [6.07, 6.45) is 0. The molecule has 0 N–H and O–H groups in total. The number of anilines is 1. The summed E-state index contributed by atoms with van der Waals surface area (Å²) in [6, 6.07) is 16.9. The number of nitrogens with zero attached hydrogens (tertiary/aromatic N) is 1. The van der Waals surface area contributed by atoms with E-state index in [-0.39, 0.29) is 17.1 Å². The first-order valence-electron chi connectivity index (χ1n) is 7.64. The van der Waals surface area contributed by atoms with Gasteiger partial charge in [-0.15, -0.1) is 11.8 Å². The minimum Gasteiger partial charge on any atom is -0.465 e. The van der Waals surface area contributed by atoms with Crippen LogP contribution in [-0.4, -0.2) is 31.3 Å². The molecular formula is C19H21NO3S. The third-order valence-electron chi connectivity index (χ3n) is 3.67. The van der Waals surface area contributed by atoms with E-state index in [2.05, 4.69) is 0 Å². The number of carbonyl (C=O) groups is 2. The lowest BCUT2D eigenvalue weighted by Crippen LogP contribution is -2.33. The molecular weight excluding hydrogens is 322 g/mol. The Bertz CT molecular complexity index is 703. The van der Waals surface area contributed by atoms with E-state index in [0.29, 0.717) is 11.3 Å². The van der Waals surface area contributed by atoms with Gasteiger partial charge in [0, 0.05) is 18.5 Å². The summed E-state index contributed by atoms with van der Waals surface area (Å²) in [5.41, 5.74) is 2.39. The summed E-state index contributed by atoms with van der Waals surface area (Å²) in [5, 5.41) is -0.183. The number of amides is 1. The molecule has 1 amide bonds. The largest absolute Gasteiger partial charge is 0.465 e. The Morgan fingerprint density at radius 3 is 2.50 bits per heavy atom. The number of thioether (sulfide) groups is 1. The molecule has 2 aromatic rings. The Kier molecular flexibility index (Phi) is 6.44. The lowest BCUT2D eigenvalue weighted by molar-refractivity contribution is -0.117. The normalized spacial score (nSPS) is 11.6. The van der Waals surface area contributed by atoms with Gasteiger partial charge in [-0.2, -0.15) is 0 Å². The van der Waals surface area contributed by atoms with Crippen LogP contribution in [0.25, 0.3) is 0 Å². The van der Waals surface area contributed by atoms with Crippen molar-refractivity contribution in [1.29, 1.82) is 0 Å². The Balaban J connectivity index is 1.96. The molecule has 1 unspecified atom stereocenters. The Hall–Kier alpha value is -2.27. The van der Waals surface area contributed by atoms with Crippen molar-refractivity contribution in [2.24, 2.45) is 0 Å². The van der Waals surface area contributed by atoms with Crippen LogP contribution in [0.2, 0.25) is 0 Å². The molecule has 0 heterocycles. The highest BCUT2D eigenvalue weighted by atomic mass is 32.2. The van der Waals surface area contributed by atoms with Crippen LogP contribution >= 0.6 is 11.8 Å². The molecule has 5 heteroatoms. The molecule has 2 rings (SSSR count). The second kappa shape index (κ2) is 8.55. The van der Waals surface area contributed by atoms with Crippen molar-refractivity contribution in [1.82, 2.24) is 0 Å². The average Bonchev–Trinajstić information content (AvgIpc) is 2.65. The van der Waals surface area contributed by atoms with Crippen LogP contribution in [0.3, 0.4) is 0 Å². The Morgan fingerprint density at radius 2 is 1.83 bits per heavy atom. The van der Waals surface area contributed by atoms with Crippen LogP contribution in [0, 0.1) is 0 Å². The molecule has 1 atom stereocenters. The fourth-order valence-corrected chi connectivity index (χ4v) is 3.17. The first-order valence-corrected chi connectivity index (χ1v) is 8.69. The molecule has 24 heavy (non-hydrogen) atoms. The summed E-state index contributed by atoms with van der Waals surface area (Å²) in [5.74, 6) is 0.352. The highest BCUT2D eigenvalue weighted by Crippen LogP contribution is 2.22. The van der Waals surface area contributed by atoms with E-state index in [4.69, 9.17) is 4.74 Å². The number of carbonyl (C=O) groups excluding carboxylic acids is 2. The van der Waals surface area contributed by atoms with Crippen LogP contribution in [0.5, 0.6) is 0 Å². The van der Waals surface area contributed by atoms with Crippen LogP contribution in [-0.2, 0) is 15.3 Å². The second-order valence-corrected chi connectivity index (χ2v) is 6.71. The van der Waals surface area contributed by atoms with Gasteiger partial charge in [0.05, 0.1) is 17.9 Å². The maximum absolute atomic E-state index is 12.5. The molecule has 0 saturated carbocycles. The average molecular weight is 343 g/mol. The van der Waals surface area contributed by atoms with Gasteiger partial charge in [-0.05, 0) is 36.8 Å². The predicted octanol–water partition coefficient (Wildman–Crippen LogP) is 3.76. The van der Waals surface area contributed by atoms with Gasteiger partial charge in [0.15, 0.2) is 0 Å². The van der Waals surface area contributed by atoms with Gasteiger partial charge in [0.2, 0.25) is 5.91 Å². The van der Waals surface area contributed by atoms with E-state index >= 15 is 0 Å². The lowest BCUT2D eigenvalue weighted by atomic mass is 10.1. The van der Waals surface area contributed by atoms with E-state index in [0.717, 1.165) is 11.3 Å². The predicted molar refractivity (Wildman–Crippen MR) is 98.4 cm³/mol. The third-order valence-corrected chi connectivity index (χ3v) is 4.87. The van der Waals surface area contributed by atoms with Gasteiger partial charge in [-0.1, -0.05) is 30.3 Å². The lowest BCUT2D eigenvalue weighted by Gasteiger charge is -2.21. The van der Waals surface area contributed by atoms with E-state index in [1.807, 2.05) is 49.4 Å². The molecule has 0 spiro atoms. The van der Waals surface area contributed by atoms with E-state index in [9.17, 15) is 9.59 Å². The Morgan fingerprint density at radius 1 is 1.12 bits per heavy atom. The topological polar surface area (TPSA) is 46.6 Å². The maximum Gasteiger partial charge on any atom is 0.337 e. The maximum atomic E-state index is 12.5. The highest BCUT2D eigenvalue weighted by Gasteiger charge is 2.19. The van der Waals surface area contributed by atoms with Gasteiger partial charge >= 0.3 is 5.97 Å². The summed E-state index contributed by atoms with van der Waals surface area (Å²) >= 11 is 1.55. The van der Waals surface area contributed by atoms with Crippen LogP contribution in [0.4, 0.5) is 5.69 Å². The van der Waals surface area contributed by atoms with Crippen molar-refractivity contribution in [3.05, 3.63) is 65.7 Å². The van der Waals surface area contributed by atoms with Crippen LogP contribution in [0.1, 0.15) is 22.8 Å². The van der Waals surface area contributed by atoms with E-state index < -0.39 is 0 Å². The van der Waals surface area contributed by atoms with E-state index in [1.165, 1.54) is 7.11 Å². The van der Waals surface area contributed by atoms with Crippen molar-refractivity contribution >= 4 is 29.3 Å². The van der Waals surface area contributed by atoms with Gasteiger partial charge in [-0.25, -0.2) is 4.79 Å². The Labute approximate surface area is 146 Å². The number of rotatable bonds is 6. The number of hydrogen-bond donors (Lipinski definition) is 0. The van der Waals surface area contributed by atoms with Crippen LogP contribution in [0.15, 0.2) is 54.6 Å². The quantitative estimate of drug-likeness (QED) is 0.749. The van der Waals surface area contributed by atoms with Crippen molar-refractivity contribution < 1.29 is 14.3 Å². The fourth-order valence-electron chi connectivity index (χ4n) is 2.25. The molecule has 0 radical (unpaired) electrons. The molecule has 2 aromatic carbocycles. The number of ether oxygens (including phenoxy) is 1. The zero-order valence-corrected chi connectivity index (χ0v) is 14.9. The molecule has 0 aliphatic heterocycles. The summed E-state index contributed by atoms with van der Waals surface area (Å²) in [7, 11) is 3.15. The number of esters is 1. The molecule has 0 aromatic heterocycles. The summed E-state index contributed by atoms with van der Waals surface area (Å²) in [4.78, 5) is 25.8. The molecule has 0 bridgehead atoms. The third kappa shape index (κ3) is 4.61. The zero-order valence-electron chi connectivity index (χ0n) is 14.1. The van der Waals surface area contributed by atoms with Crippen molar-refractivity contribution in [3.63, 3.8) is 0 Å². The second-order valence-electron chi connectivity index (χ2n) is 5.38. The molecule has 126 valence electrons. The molecule has 0 aliphatic carbocycles. The van der Waals surface area contributed by atoms with Gasteiger partial charge in [0.25, 0.3) is 0 Å². The number of methoxy groups -OCH3 is 1. The number of hydrogen-bond acceptors (Lipinski definition) is 4. The highest BCUT2D eigenvalue weighted by molar-refractivity contribution is 7.99. The summed E-state index contributed by atoms with van der Waals surface area (Å²) in [6.45, 7) is 1.90. The molecule has 4 nitrogen and oxygen atoms in total. The van der Waals surface area contributed by atoms with Gasteiger partial charge in [0.1, 0.15) is 0 Å². The zero-order chi connectivity index (χ0) is 17.5. The monoisotopic (exact) mass is 343 g/mol. The standard InChI is InChI=1S/C19H21NO3S/c1-14(18(21)20(2)17-10-5-4-6-11-17)24-13-15-8-7-9-16(12-15)19(22)23-3/h4-12,14H,13H2,1-3H3. The fraction of sp³-hybridized carbons (Fsp3) is 0.263. The van der Waals surface area contributed by atoms with Crippen LogP contribution < -0.4 is 4.90 Å². The summed E-state index contributed by atoms with van der Waals surface area (Å²) < 4.78 is 4.73. The minimum atomic E-state index is -0.352. The first-order chi connectivity index (χ1) is 11.5. The van der Waals surface area contributed by atoms with Gasteiger partial charge in [-0.3, -0.25) is 4.79 Å². The number of para-hydroxylation sites is 1. The van der Waals surface area contributed by atoms with Gasteiger partial charge < -0.3 is 9.64 Å².